The van der Waals surface area contributed by atoms with Crippen molar-refractivity contribution in [2.45, 2.75) is 19.5 Å². The van der Waals surface area contributed by atoms with Crippen molar-refractivity contribution in [1.82, 2.24) is 25.2 Å². The van der Waals surface area contributed by atoms with Crippen LogP contribution in [-0.2, 0) is 17.8 Å². The van der Waals surface area contributed by atoms with Crippen LogP contribution in [0.15, 0.2) is 53.7 Å². The van der Waals surface area contributed by atoms with Crippen molar-refractivity contribution in [2.24, 2.45) is 4.99 Å². The lowest BCUT2D eigenvalue weighted by Crippen LogP contribution is -2.38. The summed E-state index contributed by atoms with van der Waals surface area (Å²) in [4.78, 5) is 14.9. The second-order valence-corrected chi connectivity index (χ2v) is 6.26. The number of fused-ring (bicyclic) bond motifs is 1. The third-order valence-corrected chi connectivity index (χ3v) is 4.18. The molecule has 0 aliphatic rings. The first-order valence-electron chi connectivity index (χ1n) is 9.20. The predicted molar refractivity (Wildman–Crippen MR) is 109 cm³/mol. The van der Waals surface area contributed by atoms with Gasteiger partial charge in [-0.25, -0.2) is 4.99 Å². The number of hydrogen-bond acceptors (Lipinski definition) is 6. The van der Waals surface area contributed by atoms with Crippen LogP contribution in [0.4, 0.5) is 5.69 Å². The number of aliphatic imine (C=N–C) groups is 1. The van der Waals surface area contributed by atoms with Gasteiger partial charge in [-0.15, -0.1) is 10.2 Å². The monoisotopic (exact) mass is 397 g/mol. The van der Waals surface area contributed by atoms with Gasteiger partial charge in [-0.2, -0.15) is 0 Å². The predicted octanol–water partition coefficient (Wildman–Crippen LogP) is 1.91. The summed E-state index contributed by atoms with van der Waals surface area (Å²) in [5.74, 6) is 1.38. The van der Waals surface area contributed by atoms with Gasteiger partial charge in [-0.3, -0.25) is 14.5 Å². The van der Waals surface area contributed by atoms with Crippen molar-refractivity contribution in [3.8, 4) is 0 Å². The third kappa shape index (κ3) is 5.72. The summed E-state index contributed by atoms with van der Waals surface area (Å²) in [5, 5.41) is 25.6. The van der Waals surface area contributed by atoms with Gasteiger partial charge in [0, 0.05) is 38.6 Å². The van der Waals surface area contributed by atoms with Crippen LogP contribution in [0.2, 0.25) is 0 Å². The molecule has 0 saturated carbocycles. The molecule has 2 heterocycles. The average Bonchev–Trinajstić information content (AvgIpc) is 3.16. The van der Waals surface area contributed by atoms with Crippen LogP contribution < -0.4 is 10.6 Å². The fourth-order valence-electron chi connectivity index (χ4n) is 2.67. The number of non-ortho nitro benzene ring substituents is 1. The summed E-state index contributed by atoms with van der Waals surface area (Å²) in [5.41, 5.74) is 1.72. The van der Waals surface area contributed by atoms with E-state index in [1.54, 1.807) is 19.2 Å². The molecule has 1 aromatic carbocycles. The Labute approximate surface area is 167 Å². The van der Waals surface area contributed by atoms with E-state index in [0.29, 0.717) is 32.2 Å². The van der Waals surface area contributed by atoms with Gasteiger partial charge < -0.3 is 15.4 Å². The summed E-state index contributed by atoms with van der Waals surface area (Å²) in [6.45, 7) is 2.18. The number of nitro benzene ring substituents is 1. The van der Waals surface area contributed by atoms with Crippen molar-refractivity contribution in [3.05, 3.63) is 70.2 Å². The Hall–Kier alpha value is -3.53. The van der Waals surface area contributed by atoms with Crippen LogP contribution in [0.1, 0.15) is 17.8 Å². The maximum absolute atomic E-state index is 10.8. The minimum atomic E-state index is -0.416. The van der Waals surface area contributed by atoms with Gasteiger partial charge in [0.25, 0.3) is 5.69 Å². The molecule has 10 heteroatoms. The number of pyridine rings is 1. The van der Waals surface area contributed by atoms with E-state index in [4.69, 9.17) is 4.74 Å². The molecule has 3 aromatic rings. The molecule has 0 spiro atoms. The van der Waals surface area contributed by atoms with Crippen LogP contribution in [0.25, 0.3) is 5.65 Å². The number of rotatable bonds is 9. The molecule has 2 N–H and O–H groups in total. The summed E-state index contributed by atoms with van der Waals surface area (Å²) in [7, 11) is 1.66. The van der Waals surface area contributed by atoms with E-state index < -0.39 is 4.92 Å². The fraction of sp³-hybridized carbons (Fsp3) is 0.316. The smallest absolute Gasteiger partial charge is 0.269 e. The molecule has 3 rings (SSSR count). The number of benzene rings is 1. The maximum atomic E-state index is 10.8. The van der Waals surface area contributed by atoms with Crippen molar-refractivity contribution in [1.29, 1.82) is 0 Å². The quantitative estimate of drug-likeness (QED) is 0.186. The van der Waals surface area contributed by atoms with E-state index >= 15 is 0 Å². The first kappa shape index (κ1) is 20.2. The molecule has 0 fully saturated rings. The van der Waals surface area contributed by atoms with E-state index in [1.165, 1.54) is 12.1 Å². The molecule has 10 nitrogen and oxygen atoms in total. The number of aromatic nitrogens is 3. The third-order valence-electron chi connectivity index (χ3n) is 4.18. The van der Waals surface area contributed by atoms with Crippen LogP contribution >= 0.6 is 0 Å². The molecule has 152 valence electrons. The number of guanidine groups is 1. The highest BCUT2D eigenvalue weighted by atomic mass is 16.6. The number of methoxy groups -OCH3 is 1. The molecule has 2 aromatic heterocycles. The van der Waals surface area contributed by atoms with Crippen LogP contribution in [-0.4, -0.2) is 45.7 Å². The van der Waals surface area contributed by atoms with E-state index in [-0.39, 0.29) is 5.69 Å². The number of ether oxygens (including phenoxy) is 1. The van der Waals surface area contributed by atoms with E-state index in [2.05, 4.69) is 25.8 Å². The van der Waals surface area contributed by atoms with Gasteiger partial charge >= 0.3 is 0 Å². The minimum Gasteiger partial charge on any atom is -0.385 e. The van der Waals surface area contributed by atoms with Gasteiger partial charge in [0.05, 0.1) is 18.0 Å². The molecule has 0 atom stereocenters. The van der Waals surface area contributed by atoms with Gasteiger partial charge in [-0.1, -0.05) is 18.2 Å². The molecule has 0 aliphatic carbocycles. The Morgan fingerprint density at radius 3 is 2.79 bits per heavy atom. The molecule has 0 saturated heterocycles. The number of nitrogens with one attached hydrogen (secondary N) is 2. The summed E-state index contributed by atoms with van der Waals surface area (Å²) >= 11 is 0. The van der Waals surface area contributed by atoms with E-state index in [9.17, 15) is 10.1 Å². The first-order chi connectivity index (χ1) is 14.2. The van der Waals surface area contributed by atoms with Crippen LogP contribution in [0, 0.1) is 10.1 Å². The van der Waals surface area contributed by atoms with Crippen LogP contribution in [0.5, 0.6) is 0 Å². The molecule has 0 unspecified atom stereocenters. The normalized spacial score (nSPS) is 11.6. The lowest BCUT2D eigenvalue weighted by Gasteiger charge is -2.12. The Balaban J connectivity index is 1.65. The van der Waals surface area contributed by atoms with Crippen molar-refractivity contribution < 1.29 is 9.66 Å². The van der Waals surface area contributed by atoms with E-state index in [0.717, 1.165) is 23.5 Å². The lowest BCUT2D eigenvalue weighted by molar-refractivity contribution is -0.384. The number of hydrogen-bond donors (Lipinski definition) is 2. The van der Waals surface area contributed by atoms with Gasteiger partial charge in [0.2, 0.25) is 0 Å². The molecular weight excluding hydrogens is 374 g/mol. The van der Waals surface area contributed by atoms with Crippen LogP contribution in [0.3, 0.4) is 0 Å². The van der Waals surface area contributed by atoms with Crippen molar-refractivity contribution in [3.63, 3.8) is 0 Å². The molecule has 29 heavy (non-hydrogen) atoms. The Morgan fingerprint density at radius 2 is 2.03 bits per heavy atom. The highest BCUT2D eigenvalue weighted by Gasteiger charge is 2.07. The largest absolute Gasteiger partial charge is 0.385 e. The molecule has 0 bridgehead atoms. The molecule has 0 amide bonds. The molecule has 0 radical (unpaired) electrons. The highest BCUT2D eigenvalue weighted by molar-refractivity contribution is 5.79. The second-order valence-electron chi connectivity index (χ2n) is 6.26. The zero-order valence-electron chi connectivity index (χ0n) is 16.1. The standard InChI is InChI=1S/C19H23N7O3/c1-29-12-4-10-20-19(21-13-15-6-8-16(9-7-15)26(27)28)22-14-18-24-23-17-5-2-3-11-25(17)18/h2-3,5-9,11H,4,10,12-14H2,1H3,(H2,20,21,22). The summed E-state index contributed by atoms with van der Waals surface area (Å²) < 4.78 is 6.98. The zero-order valence-corrected chi connectivity index (χ0v) is 16.1. The Morgan fingerprint density at radius 1 is 1.21 bits per heavy atom. The first-order valence-corrected chi connectivity index (χ1v) is 9.20. The number of nitro groups is 1. The minimum absolute atomic E-state index is 0.0625. The number of nitrogens with zero attached hydrogens (tertiary/aromatic N) is 5. The second kappa shape index (κ2) is 10.1. The Bertz CT molecular complexity index is 969. The van der Waals surface area contributed by atoms with Crippen molar-refractivity contribution >= 4 is 17.3 Å². The Kier molecular flexibility index (Phi) is 7.06. The highest BCUT2D eigenvalue weighted by Crippen LogP contribution is 2.12. The van der Waals surface area contributed by atoms with Gasteiger partial charge in [0.1, 0.15) is 0 Å². The SMILES string of the molecule is COCCCNC(=NCc1ccc([N+](=O)[O-])cc1)NCc1nnc2ccccn12. The summed E-state index contributed by atoms with van der Waals surface area (Å²) in [6.07, 6.45) is 2.74. The lowest BCUT2D eigenvalue weighted by atomic mass is 10.2. The molecule has 0 aliphatic heterocycles. The van der Waals surface area contributed by atoms with E-state index in [1.807, 2.05) is 28.8 Å². The van der Waals surface area contributed by atoms with Crippen molar-refractivity contribution in [2.75, 3.05) is 20.3 Å². The van der Waals surface area contributed by atoms with Gasteiger partial charge in [0.15, 0.2) is 17.4 Å². The molecular formula is C19H23N7O3. The fourth-order valence-corrected chi connectivity index (χ4v) is 2.67. The van der Waals surface area contributed by atoms with Gasteiger partial charge in [-0.05, 0) is 24.1 Å². The maximum Gasteiger partial charge on any atom is 0.269 e. The topological polar surface area (TPSA) is 119 Å². The average molecular weight is 397 g/mol. The summed E-state index contributed by atoms with van der Waals surface area (Å²) in [6, 6.07) is 12.1. The zero-order chi connectivity index (χ0) is 20.5.